The first-order valence-electron chi connectivity index (χ1n) is 14.5. The number of benzene rings is 1. The smallest absolute Gasteiger partial charge is 0.273 e. The lowest BCUT2D eigenvalue weighted by Crippen LogP contribution is -2.58. The molecular weight excluding hydrogens is 544 g/mol. The Balaban J connectivity index is 1.36. The fourth-order valence-electron chi connectivity index (χ4n) is 5.70. The second-order valence-electron chi connectivity index (χ2n) is 10.6. The molecular formula is C29H41ClN8O3. The van der Waals surface area contributed by atoms with E-state index in [0.717, 1.165) is 76.3 Å². The van der Waals surface area contributed by atoms with Gasteiger partial charge in [0.15, 0.2) is 22.5 Å². The molecule has 222 valence electrons. The van der Waals surface area contributed by atoms with Crippen LogP contribution in [0.5, 0.6) is 5.75 Å². The van der Waals surface area contributed by atoms with E-state index in [0.29, 0.717) is 30.1 Å². The minimum atomic E-state index is -0.510. The van der Waals surface area contributed by atoms with Gasteiger partial charge in [-0.05, 0) is 50.9 Å². The number of piperazine rings is 1. The average molecular weight is 585 g/mol. The number of nitrogen functional groups attached to an aromatic ring is 1. The molecule has 2 fully saturated rings. The number of nitrogens with zero attached hydrogens (tertiary/aromatic N) is 6. The van der Waals surface area contributed by atoms with Crippen LogP contribution in [0, 0.1) is 11.3 Å². The number of aromatic nitrogens is 2. The van der Waals surface area contributed by atoms with Crippen LogP contribution in [0.4, 0.5) is 11.6 Å². The van der Waals surface area contributed by atoms with E-state index in [1.165, 1.54) is 0 Å². The predicted octanol–water partition coefficient (Wildman–Crippen LogP) is 2.66. The van der Waals surface area contributed by atoms with Crippen molar-refractivity contribution in [3.8, 4) is 11.8 Å². The number of nitrogens with one attached hydrogen (secondary N) is 1. The van der Waals surface area contributed by atoms with E-state index in [1.54, 1.807) is 0 Å². The maximum atomic E-state index is 12.3. The molecule has 12 heteroatoms. The van der Waals surface area contributed by atoms with Gasteiger partial charge in [-0.25, -0.2) is 9.97 Å². The predicted molar refractivity (Wildman–Crippen MR) is 159 cm³/mol. The molecule has 0 spiro atoms. The summed E-state index contributed by atoms with van der Waals surface area (Å²) in [5, 5.41) is 20.9. The van der Waals surface area contributed by atoms with E-state index in [-0.39, 0.29) is 29.8 Å². The van der Waals surface area contributed by atoms with Crippen LogP contribution in [0.2, 0.25) is 5.15 Å². The molecule has 4 N–H and O–H groups in total. The molecule has 2 saturated heterocycles. The number of amides is 1. The number of hydrogen-bond acceptors (Lipinski definition) is 10. The van der Waals surface area contributed by atoms with Gasteiger partial charge >= 0.3 is 0 Å². The summed E-state index contributed by atoms with van der Waals surface area (Å²) in [6.07, 6.45) is 4.09. The molecule has 0 unspecified atom stereocenters. The lowest BCUT2D eigenvalue weighted by Gasteiger charge is -2.47. The van der Waals surface area contributed by atoms with E-state index in [2.05, 4.69) is 49.9 Å². The fourth-order valence-corrected chi connectivity index (χ4v) is 5.94. The molecule has 1 aromatic carbocycles. The van der Waals surface area contributed by atoms with Crippen LogP contribution in [0.25, 0.3) is 0 Å². The van der Waals surface area contributed by atoms with Gasteiger partial charge in [-0.3, -0.25) is 14.6 Å². The van der Waals surface area contributed by atoms with E-state index in [1.807, 2.05) is 18.2 Å². The number of aliphatic hydroxyl groups is 1. The lowest BCUT2D eigenvalue weighted by atomic mass is 9.97. The Kier molecular flexibility index (Phi) is 11.0. The second kappa shape index (κ2) is 14.6. The molecule has 1 amide bonds. The Bertz CT molecular complexity index is 1230. The Hall–Kier alpha value is -3.17. The van der Waals surface area contributed by atoms with Crippen molar-refractivity contribution in [2.45, 2.75) is 58.2 Å². The van der Waals surface area contributed by atoms with E-state index in [9.17, 15) is 10.1 Å². The third-order valence-electron chi connectivity index (χ3n) is 7.85. The summed E-state index contributed by atoms with van der Waals surface area (Å²) >= 11 is 6.48. The van der Waals surface area contributed by atoms with Gasteiger partial charge in [0.2, 0.25) is 0 Å². The lowest BCUT2D eigenvalue weighted by molar-refractivity contribution is 0.0608. The Morgan fingerprint density at radius 1 is 1.24 bits per heavy atom. The Labute approximate surface area is 247 Å². The summed E-state index contributed by atoms with van der Waals surface area (Å²) < 4.78 is 5.96. The molecule has 3 heterocycles. The van der Waals surface area contributed by atoms with Crippen molar-refractivity contribution in [3.05, 3.63) is 40.2 Å². The zero-order valence-corrected chi connectivity index (χ0v) is 24.7. The summed E-state index contributed by atoms with van der Waals surface area (Å²) in [5.41, 5.74) is 7.80. The third kappa shape index (κ3) is 7.57. The highest BCUT2D eigenvalue weighted by Crippen LogP contribution is 2.30. The molecule has 11 nitrogen and oxygen atoms in total. The molecule has 0 aliphatic carbocycles. The molecule has 2 aliphatic heterocycles. The first kappa shape index (κ1) is 30.8. The van der Waals surface area contributed by atoms with Crippen LogP contribution in [0.15, 0.2) is 18.2 Å². The van der Waals surface area contributed by atoms with Crippen molar-refractivity contribution < 1.29 is 14.6 Å². The van der Waals surface area contributed by atoms with E-state index >= 15 is 0 Å². The van der Waals surface area contributed by atoms with Crippen LogP contribution in [-0.4, -0.2) is 95.3 Å². The molecule has 0 bridgehead atoms. The molecule has 2 aliphatic rings. The highest BCUT2D eigenvalue weighted by atomic mass is 35.5. The topological polar surface area (TPSA) is 144 Å². The molecule has 0 saturated carbocycles. The number of ether oxygens (including phenoxy) is 1. The number of nitriles is 1. The molecule has 0 radical (unpaired) electrons. The fraction of sp³-hybridized carbons (Fsp3) is 0.586. The number of anilines is 2. The third-order valence-corrected chi connectivity index (χ3v) is 8.11. The van der Waals surface area contributed by atoms with Gasteiger partial charge < -0.3 is 25.8 Å². The first-order valence-corrected chi connectivity index (χ1v) is 14.9. The second-order valence-corrected chi connectivity index (χ2v) is 10.9. The number of aliphatic hydroxyl groups excluding tert-OH is 1. The van der Waals surface area contributed by atoms with E-state index in [4.69, 9.17) is 27.2 Å². The number of nitrogens with two attached hydrogens (primary N) is 1. The monoisotopic (exact) mass is 584 g/mol. The van der Waals surface area contributed by atoms with Crippen molar-refractivity contribution in [2.24, 2.45) is 0 Å². The van der Waals surface area contributed by atoms with Crippen molar-refractivity contribution in [3.63, 3.8) is 0 Å². The highest BCUT2D eigenvalue weighted by molar-refractivity contribution is 6.32. The largest absolute Gasteiger partial charge is 0.493 e. The standard InChI is InChI=1S/C29H41ClN8O3/c1-3-15-41-24-16-20(17-31)5-6-21(24)18-36-10-7-23(8-11-36)38-13-12-37(19-22(38)4-2)28-26(30)34-25(27(32)35-28)29(40)33-9-14-39/h5-6,16,22-23,39H,3-4,7-15,18-19H2,1-2H3,(H2,32,35)(H,33,40)/t22-/m0/s1. The van der Waals surface area contributed by atoms with Crippen LogP contribution < -0.4 is 20.7 Å². The van der Waals surface area contributed by atoms with Crippen molar-refractivity contribution in [1.82, 2.24) is 25.1 Å². The van der Waals surface area contributed by atoms with Crippen molar-refractivity contribution >= 4 is 29.1 Å². The number of carbonyl (C=O) groups excluding carboxylic acids is 1. The summed E-state index contributed by atoms with van der Waals surface area (Å²) in [4.78, 5) is 28.2. The molecule has 1 atom stereocenters. The molecule has 41 heavy (non-hydrogen) atoms. The van der Waals surface area contributed by atoms with Gasteiger partial charge in [0.05, 0.1) is 24.8 Å². The maximum absolute atomic E-state index is 12.3. The summed E-state index contributed by atoms with van der Waals surface area (Å²) in [6, 6.07) is 8.79. The number of carbonyl (C=O) groups is 1. The normalized spacial score (nSPS) is 18.7. The minimum Gasteiger partial charge on any atom is -0.493 e. The Morgan fingerprint density at radius 3 is 2.71 bits per heavy atom. The van der Waals surface area contributed by atoms with Crippen molar-refractivity contribution in [1.29, 1.82) is 5.26 Å². The van der Waals surface area contributed by atoms with Crippen LogP contribution in [0.3, 0.4) is 0 Å². The van der Waals surface area contributed by atoms with Crippen LogP contribution >= 0.6 is 11.6 Å². The summed E-state index contributed by atoms with van der Waals surface area (Å²) in [5.74, 6) is 0.827. The zero-order chi connectivity index (χ0) is 29.4. The molecule has 2 aromatic rings. The number of likely N-dealkylation sites (tertiary alicyclic amines) is 1. The molecule has 1 aromatic heterocycles. The quantitative estimate of drug-likeness (QED) is 0.360. The van der Waals surface area contributed by atoms with Gasteiger partial charge in [0.25, 0.3) is 5.91 Å². The van der Waals surface area contributed by atoms with Gasteiger partial charge in [-0.15, -0.1) is 0 Å². The number of hydrogen-bond donors (Lipinski definition) is 3. The number of rotatable bonds is 11. The average Bonchev–Trinajstić information content (AvgIpc) is 3.00. The minimum absolute atomic E-state index is 0.0215. The Morgan fingerprint density at radius 2 is 2.02 bits per heavy atom. The number of piperidine rings is 1. The van der Waals surface area contributed by atoms with Crippen molar-refractivity contribution in [2.75, 3.05) is 63.1 Å². The van der Waals surface area contributed by atoms with Gasteiger partial charge in [0.1, 0.15) is 5.75 Å². The van der Waals surface area contributed by atoms with Gasteiger partial charge in [-0.1, -0.05) is 31.5 Å². The van der Waals surface area contributed by atoms with E-state index < -0.39 is 5.91 Å². The molecule has 4 rings (SSSR count). The summed E-state index contributed by atoms with van der Waals surface area (Å²) in [6.45, 7) is 10.0. The van der Waals surface area contributed by atoms with Gasteiger partial charge in [-0.2, -0.15) is 5.26 Å². The van der Waals surface area contributed by atoms with Gasteiger partial charge in [0, 0.05) is 50.4 Å². The van der Waals surface area contributed by atoms with Crippen LogP contribution in [-0.2, 0) is 6.54 Å². The SMILES string of the molecule is CCCOc1cc(C#N)ccc1CN1CCC(N2CCN(c3nc(N)c(C(=O)NCCO)nc3Cl)C[C@@H]2CC)CC1. The first-order chi connectivity index (χ1) is 19.9. The maximum Gasteiger partial charge on any atom is 0.273 e. The number of halogens is 1. The highest BCUT2D eigenvalue weighted by Gasteiger charge is 2.34. The summed E-state index contributed by atoms with van der Waals surface area (Å²) in [7, 11) is 0. The zero-order valence-electron chi connectivity index (χ0n) is 24.0. The van der Waals surface area contributed by atoms with Crippen LogP contribution in [0.1, 0.15) is 61.1 Å².